The van der Waals surface area contributed by atoms with E-state index in [0.29, 0.717) is 13.6 Å². The van der Waals surface area contributed by atoms with Crippen molar-refractivity contribution in [2.24, 2.45) is 0 Å². The van der Waals surface area contributed by atoms with Crippen LogP contribution in [-0.4, -0.2) is 11.9 Å². The normalized spacial score (nSPS) is 13.4. The molecule has 0 heterocycles. The lowest BCUT2D eigenvalue weighted by Gasteiger charge is -2.15. The van der Waals surface area contributed by atoms with E-state index in [0.717, 1.165) is 17.7 Å². The molecule has 1 rings (SSSR count). The van der Waals surface area contributed by atoms with Crippen molar-refractivity contribution in [2.45, 2.75) is 19.0 Å². The molecule has 0 amide bonds. The van der Waals surface area contributed by atoms with Crippen LogP contribution < -0.4 is 4.74 Å². The van der Waals surface area contributed by atoms with Gasteiger partial charge in [-0.1, -0.05) is 36.4 Å². The zero-order valence-corrected chi connectivity index (χ0v) is 9.79. The third-order valence-corrected chi connectivity index (χ3v) is 3.83. The van der Waals surface area contributed by atoms with Gasteiger partial charge in [-0.2, -0.15) is 0 Å². The van der Waals surface area contributed by atoms with Crippen molar-refractivity contribution in [3.8, 4) is 5.75 Å². The van der Waals surface area contributed by atoms with Crippen LogP contribution in [0.2, 0.25) is 0 Å². The van der Waals surface area contributed by atoms with E-state index >= 15 is 0 Å². The van der Waals surface area contributed by atoms with Crippen LogP contribution in [0, 0.1) is 0 Å². The molecule has 0 aliphatic heterocycles. The van der Waals surface area contributed by atoms with Gasteiger partial charge in [-0.3, -0.25) is 0 Å². The van der Waals surface area contributed by atoms with E-state index in [1.165, 1.54) is 0 Å². The van der Waals surface area contributed by atoms with Crippen molar-refractivity contribution in [1.29, 1.82) is 0 Å². The van der Waals surface area contributed by atoms with Crippen LogP contribution in [0.25, 0.3) is 0 Å². The lowest BCUT2D eigenvalue weighted by Crippen LogP contribution is -2.00. The standard InChI is InChI=1S/C10H14ClO2P/c1-2-10(14-11)8-5-3-4-6-9(8)13-7-12/h3-6,10,12,14H,2,7H2,1H3. The first kappa shape index (κ1) is 11.8. The Balaban J connectivity index is 2.92. The number of benzene rings is 1. The molecule has 2 atom stereocenters. The Morgan fingerprint density at radius 3 is 2.79 bits per heavy atom. The zero-order valence-electron chi connectivity index (χ0n) is 8.03. The highest BCUT2D eigenvalue weighted by atomic mass is 35.7. The van der Waals surface area contributed by atoms with Gasteiger partial charge >= 0.3 is 0 Å². The average molecular weight is 233 g/mol. The van der Waals surface area contributed by atoms with E-state index in [-0.39, 0.29) is 6.79 Å². The molecule has 1 aromatic carbocycles. The average Bonchev–Trinajstić information content (AvgIpc) is 2.23. The van der Waals surface area contributed by atoms with E-state index in [1.807, 2.05) is 24.3 Å². The second-order valence-corrected chi connectivity index (χ2v) is 4.45. The highest BCUT2D eigenvalue weighted by molar-refractivity contribution is 7.68. The molecular weight excluding hydrogens is 219 g/mol. The number of hydrogen-bond donors (Lipinski definition) is 1. The highest BCUT2D eigenvalue weighted by Gasteiger charge is 2.12. The van der Waals surface area contributed by atoms with E-state index in [4.69, 9.17) is 21.1 Å². The quantitative estimate of drug-likeness (QED) is 0.624. The molecule has 78 valence electrons. The summed E-state index contributed by atoms with van der Waals surface area (Å²) in [5.41, 5.74) is 1.40. The van der Waals surface area contributed by atoms with Crippen molar-refractivity contribution < 1.29 is 9.84 Å². The maximum absolute atomic E-state index is 8.72. The molecule has 1 aromatic rings. The first-order chi connectivity index (χ1) is 6.83. The van der Waals surface area contributed by atoms with Crippen molar-refractivity contribution in [2.75, 3.05) is 6.79 Å². The highest BCUT2D eigenvalue weighted by Crippen LogP contribution is 2.43. The molecule has 0 radical (unpaired) electrons. The minimum atomic E-state index is -0.293. The predicted molar refractivity (Wildman–Crippen MR) is 61.4 cm³/mol. The van der Waals surface area contributed by atoms with Crippen LogP contribution >= 0.6 is 19.2 Å². The lowest BCUT2D eigenvalue weighted by atomic mass is 10.1. The van der Waals surface area contributed by atoms with Gasteiger partial charge in [-0.25, -0.2) is 0 Å². The van der Waals surface area contributed by atoms with E-state index in [2.05, 4.69) is 6.92 Å². The van der Waals surface area contributed by atoms with E-state index < -0.39 is 0 Å². The maximum atomic E-state index is 8.72. The summed E-state index contributed by atoms with van der Waals surface area (Å²) in [5.74, 6) is 0.731. The molecule has 0 aromatic heterocycles. The molecule has 0 saturated heterocycles. The fourth-order valence-electron chi connectivity index (χ4n) is 1.33. The molecule has 0 aliphatic carbocycles. The largest absolute Gasteiger partial charge is 0.467 e. The van der Waals surface area contributed by atoms with Crippen LogP contribution in [0.3, 0.4) is 0 Å². The van der Waals surface area contributed by atoms with Crippen LogP contribution in [0.1, 0.15) is 24.6 Å². The van der Waals surface area contributed by atoms with Gasteiger partial charge in [0.15, 0.2) is 6.79 Å². The van der Waals surface area contributed by atoms with E-state index in [1.54, 1.807) is 0 Å². The smallest absolute Gasteiger partial charge is 0.186 e. The number of rotatable bonds is 5. The number of para-hydroxylation sites is 1. The second-order valence-electron chi connectivity index (χ2n) is 2.88. The van der Waals surface area contributed by atoms with Crippen molar-refractivity contribution in [3.05, 3.63) is 29.8 Å². The van der Waals surface area contributed by atoms with Gasteiger partial charge in [0.2, 0.25) is 0 Å². The van der Waals surface area contributed by atoms with Gasteiger partial charge in [0.1, 0.15) is 5.75 Å². The number of halogens is 1. The summed E-state index contributed by atoms with van der Waals surface area (Å²) < 4.78 is 5.12. The predicted octanol–water partition coefficient (Wildman–Crippen LogP) is 3.30. The Morgan fingerprint density at radius 1 is 1.50 bits per heavy atom. The van der Waals surface area contributed by atoms with Gasteiger partial charge in [0.05, 0.1) is 0 Å². The Morgan fingerprint density at radius 2 is 2.21 bits per heavy atom. The first-order valence-electron chi connectivity index (χ1n) is 4.52. The Labute approximate surface area is 90.8 Å². The zero-order chi connectivity index (χ0) is 10.4. The minimum Gasteiger partial charge on any atom is -0.467 e. The third-order valence-electron chi connectivity index (χ3n) is 2.05. The van der Waals surface area contributed by atoms with E-state index in [9.17, 15) is 0 Å². The summed E-state index contributed by atoms with van der Waals surface area (Å²) in [6.07, 6.45) is 0.980. The summed E-state index contributed by atoms with van der Waals surface area (Å²) in [7, 11) is 0.338. The molecule has 0 aliphatic rings. The summed E-state index contributed by atoms with van der Waals surface area (Å²) >= 11 is 5.88. The Hall–Kier alpha value is -0.300. The molecule has 2 nitrogen and oxygen atoms in total. The lowest BCUT2D eigenvalue weighted by molar-refractivity contribution is 0.0975. The van der Waals surface area contributed by atoms with Crippen LogP contribution in [-0.2, 0) is 0 Å². The summed E-state index contributed by atoms with van der Waals surface area (Å²) in [5, 5.41) is 8.72. The Bertz CT molecular complexity index is 277. The number of aliphatic hydroxyl groups excluding tert-OH is 1. The van der Waals surface area contributed by atoms with Crippen LogP contribution in [0.5, 0.6) is 5.75 Å². The molecule has 14 heavy (non-hydrogen) atoms. The van der Waals surface area contributed by atoms with Crippen molar-refractivity contribution in [3.63, 3.8) is 0 Å². The summed E-state index contributed by atoms with van der Waals surface area (Å²) in [6, 6.07) is 7.69. The maximum Gasteiger partial charge on any atom is 0.186 e. The monoisotopic (exact) mass is 232 g/mol. The molecule has 0 spiro atoms. The third kappa shape index (κ3) is 2.84. The second kappa shape index (κ2) is 6.23. The first-order valence-corrected chi connectivity index (χ1v) is 6.61. The van der Waals surface area contributed by atoms with Gasteiger partial charge in [0.25, 0.3) is 0 Å². The number of aliphatic hydroxyl groups is 1. The number of ether oxygens (including phenoxy) is 1. The molecule has 0 saturated carbocycles. The summed E-state index contributed by atoms with van der Waals surface area (Å²) in [4.78, 5) is 0. The minimum absolute atomic E-state index is 0.293. The Kier molecular flexibility index (Phi) is 5.24. The fourth-order valence-corrected chi connectivity index (χ4v) is 2.65. The molecule has 1 N–H and O–H groups in total. The van der Waals surface area contributed by atoms with Gasteiger partial charge < -0.3 is 9.84 Å². The number of hydrogen-bond acceptors (Lipinski definition) is 2. The van der Waals surface area contributed by atoms with Crippen LogP contribution in [0.15, 0.2) is 24.3 Å². The molecule has 4 heteroatoms. The molecular formula is C10H14ClO2P. The molecule has 0 fully saturated rings. The van der Waals surface area contributed by atoms with Crippen LogP contribution in [0.4, 0.5) is 0 Å². The summed E-state index contributed by atoms with van der Waals surface area (Å²) in [6.45, 7) is 1.80. The van der Waals surface area contributed by atoms with Gasteiger partial charge in [-0.05, 0) is 20.4 Å². The van der Waals surface area contributed by atoms with Gasteiger partial charge in [-0.15, -0.1) is 0 Å². The fraction of sp³-hybridized carbons (Fsp3) is 0.400. The SMILES string of the molecule is CCC(PCl)c1ccccc1OCO. The molecule has 2 unspecified atom stereocenters. The van der Waals surface area contributed by atoms with Crippen molar-refractivity contribution in [1.82, 2.24) is 0 Å². The van der Waals surface area contributed by atoms with Crippen molar-refractivity contribution >= 4 is 19.2 Å². The topological polar surface area (TPSA) is 29.5 Å². The van der Waals surface area contributed by atoms with Gasteiger partial charge in [0, 0.05) is 11.2 Å². The molecule has 0 bridgehead atoms.